The molecule has 1 aromatic carbocycles. The molecule has 0 aliphatic carbocycles. The second-order valence-corrected chi connectivity index (χ2v) is 6.05. The van der Waals surface area contributed by atoms with E-state index in [0.29, 0.717) is 24.9 Å². The normalized spacial score (nSPS) is 23.2. The maximum Gasteiger partial charge on any atom is 0.306 e. The van der Waals surface area contributed by atoms with Crippen molar-refractivity contribution >= 4 is 34.5 Å². The molecular weight excluding hydrogens is 357 g/mol. The third-order valence-electron chi connectivity index (χ3n) is 3.59. The molecule has 1 amide bonds. The molecule has 102 valence electrons. The van der Waals surface area contributed by atoms with Gasteiger partial charge in [0.1, 0.15) is 0 Å². The van der Waals surface area contributed by atoms with Gasteiger partial charge in [-0.1, -0.05) is 12.1 Å². The predicted octanol–water partition coefficient (Wildman–Crippen LogP) is 2.62. The van der Waals surface area contributed by atoms with E-state index in [1.165, 1.54) is 0 Å². The number of amides is 1. The Balaban J connectivity index is 2.13. The summed E-state index contributed by atoms with van der Waals surface area (Å²) in [6, 6.07) is 7.45. The molecule has 0 spiro atoms. The van der Waals surface area contributed by atoms with Crippen molar-refractivity contribution in [3.05, 3.63) is 33.4 Å². The molecule has 19 heavy (non-hydrogen) atoms. The first kappa shape index (κ1) is 14.3. The molecule has 1 aliphatic rings. The number of hydrogen-bond donors (Lipinski definition) is 1. The summed E-state index contributed by atoms with van der Waals surface area (Å²) in [6.45, 7) is 2.44. The van der Waals surface area contributed by atoms with E-state index in [-0.39, 0.29) is 17.9 Å². The van der Waals surface area contributed by atoms with Gasteiger partial charge in [0.15, 0.2) is 0 Å². The molecule has 1 saturated heterocycles. The summed E-state index contributed by atoms with van der Waals surface area (Å²) in [5.74, 6) is -1.08. The Hall–Kier alpha value is -1.11. The summed E-state index contributed by atoms with van der Waals surface area (Å²) in [4.78, 5) is 25.3. The van der Waals surface area contributed by atoms with E-state index in [0.717, 1.165) is 3.57 Å². The van der Waals surface area contributed by atoms with E-state index in [4.69, 9.17) is 5.11 Å². The number of benzene rings is 1. The molecule has 0 saturated carbocycles. The Morgan fingerprint density at radius 1 is 1.37 bits per heavy atom. The standard InChI is InChI=1S/C14H16INO3/c1-9-8-10(14(18)19)6-7-16(9)13(17)11-4-2-3-5-12(11)15/h2-5,9-10H,6-8H2,1H3,(H,18,19). The van der Waals surface area contributed by atoms with Crippen LogP contribution in [-0.2, 0) is 4.79 Å². The van der Waals surface area contributed by atoms with Crippen LogP contribution in [0, 0.1) is 9.49 Å². The number of aliphatic carboxylic acids is 1. The number of rotatable bonds is 2. The maximum absolute atomic E-state index is 12.5. The quantitative estimate of drug-likeness (QED) is 0.811. The van der Waals surface area contributed by atoms with Crippen molar-refractivity contribution in [2.24, 2.45) is 5.92 Å². The van der Waals surface area contributed by atoms with Crippen LogP contribution >= 0.6 is 22.6 Å². The average molecular weight is 373 g/mol. The smallest absolute Gasteiger partial charge is 0.306 e. The van der Waals surface area contributed by atoms with E-state index < -0.39 is 5.97 Å². The number of piperidine rings is 1. The minimum atomic E-state index is -0.756. The highest BCUT2D eigenvalue weighted by Crippen LogP contribution is 2.25. The monoisotopic (exact) mass is 373 g/mol. The molecule has 4 nitrogen and oxygen atoms in total. The van der Waals surface area contributed by atoms with Gasteiger partial charge >= 0.3 is 5.97 Å². The van der Waals surface area contributed by atoms with E-state index in [1.54, 1.807) is 4.90 Å². The van der Waals surface area contributed by atoms with Crippen LogP contribution in [0.15, 0.2) is 24.3 Å². The van der Waals surface area contributed by atoms with Gasteiger partial charge in [-0.2, -0.15) is 0 Å². The topological polar surface area (TPSA) is 57.6 Å². The Morgan fingerprint density at radius 3 is 2.63 bits per heavy atom. The van der Waals surface area contributed by atoms with Gasteiger partial charge in [0.05, 0.1) is 11.5 Å². The lowest BCUT2D eigenvalue weighted by molar-refractivity contribution is -0.143. The first-order valence-electron chi connectivity index (χ1n) is 6.29. The molecule has 0 aromatic heterocycles. The molecule has 0 radical (unpaired) electrons. The first-order valence-corrected chi connectivity index (χ1v) is 7.37. The van der Waals surface area contributed by atoms with Crippen LogP contribution in [0.2, 0.25) is 0 Å². The van der Waals surface area contributed by atoms with Crippen molar-refractivity contribution in [1.82, 2.24) is 4.90 Å². The summed E-state index contributed by atoms with van der Waals surface area (Å²) in [5.41, 5.74) is 0.698. The van der Waals surface area contributed by atoms with Crippen LogP contribution < -0.4 is 0 Å². The largest absolute Gasteiger partial charge is 0.481 e. The number of carbonyl (C=O) groups is 2. The molecule has 1 aliphatic heterocycles. The molecule has 1 aromatic rings. The Morgan fingerprint density at radius 2 is 2.05 bits per heavy atom. The lowest BCUT2D eigenvalue weighted by Gasteiger charge is -2.36. The van der Waals surface area contributed by atoms with Crippen molar-refractivity contribution in [1.29, 1.82) is 0 Å². The minimum absolute atomic E-state index is 0.00124. The number of hydrogen-bond acceptors (Lipinski definition) is 2. The lowest BCUT2D eigenvalue weighted by Crippen LogP contribution is -2.46. The van der Waals surface area contributed by atoms with Gasteiger partial charge in [0.2, 0.25) is 0 Å². The second-order valence-electron chi connectivity index (χ2n) is 4.89. The average Bonchev–Trinajstić information content (AvgIpc) is 2.38. The Kier molecular flexibility index (Phi) is 4.44. The second kappa shape index (κ2) is 5.90. The molecular formula is C14H16INO3. The summed E-state index contributed by atoms with van der Waals surface area (Å²) in [6.07, 6.45) is 1.07. The van der Waals surface area contributed by atoms with Gasteiger partial charge in [-0.05, 0) is 54.5 Å². The van der Waals surface area contributed by atoms with Gasteiger partial charge in [0, 0.05) is 16.2 Å². The van der Waals surface area contributed by atoms with Crippen LogP contribution in [-0.4, -0.2) is 34.5 Å². The van der Waals surface area contributed by atoms with Crippen LogP contribution in [0.4, 0.5) is 0 Å². The number of likely N-dealkylation sites (tertiary alicyclic amines) is 1. The van der Waals surface area contributed by atoms with Gasteiger partial charge in [-0.15, -0.1) is 0 Å². The number of carbonyl (C=O) groups excluding carboxylic acids is 1. The minimum Gasteiger partial charge on any atom is -0.481 e. The maximum atomic E-state index is 12.5. The fourth-order valence-electron chi connectivity index (χ4n) is 2.49. The SMILES string of the molecule is CC1CC(C(=O)O)CCN1C(=O)c1ccccc1I. The fourth-order valence-corrected chi connectivity index (χ4v) is 3.11. The van der Waals surface area contributed by atoms with Crippen molar-refractivity contribution in [3.8, 4) is 0 Å². The van der Waals surface area contributed by atoms with Crippen molar-refractivity contribution < 1.29 is 14.7 Å². The van der Waals surface area contributed by atoms with Gasteiger partial charge in [0.25, 0.3) is 5.91 Å². The zero-order valence-electron chi connectivity index (χ0n) is 10.7. The molecule has 2 unspecified atom stereocenters. The summed E-state index contributed by atoms with van der Waals surface area (Å²) >= 11 is 2.15. The summed E-state index contributed by atoms with van der Waals surface area (Å²) in [7, 11) is 0. The molecule has 1 heterocycles. The number of carboxylic acids is 1. The zero-order chi connectivity index (χ0) is 14.0. The molecule has 2 rings (SSSR count). The summed E-state index contributed by atoms with van der Waals surface area (Å²) in [5, 5.41) is 9.04. The molecule has 1 N–H and O–H groups in total. The Bertz CT molecular complexity index is 503. The highest BCUT2D eigenvalue weighted by molar-refractivity contribution is 14.1. The highest BCUT2D eigenvalue weighted by atomic mass is 127. The van der Waals surface area contributed by atoms with Crippen molar-refractivity contribution in [3.63, 3.8) is 0 Å². The van der Waals surface area contributed by atoms with Crippen molar-refractivity contribution in [2.45, 2.75) is 25.8 Å². The van der Waals surface area contributed by atoms with Crippen molar-refractivity contribution in [2.75, 3.05) is 6.54 Å². The molecule has 5 heteroatoms. The highest BCUT2D eigenvalue weighted by Gasteiger charge is 2.32. The van der Waals surface area contributed by atoms with Crippen LogP contribution in [0.5, 0.6) is 0 Å². The predicted molar refractivity (Wildman–Crippen MR) is 80.0 cm³/mol. The Labute approximate surface area is 125 Å². The number of halogens is 1. The third kappa shape index (κ3) is 3.08. The fraction of sp³-hybridized carbons (Fsp3) is 0.429. The van der Waals surface area contributed by atoms with E-state index in [2.05, 4.69) is 22.6 Å². The zero-order valence-corrected chi connectivity index (χ0v) is 12.8. The van der Waals surface area contributed by atoms with Gasteiger partial charge in [-0.3, -0.25) is 9.59 Å². The lowest BCUT2D eigenvalue weighted by atomic mass is 9.91. The first-order chi connectivity index (χ1) is 9.00. The summed E-state index contributed by atoms with van der Waals surface area (Å²) < 4.78 is 0.928. The van der Waals surface area contributed by atoms with Gasteiger partial charge in [-0.25, -0.2) is 0 Å². The van der Waals surface area contributed by atoms with Crippen LogP contribution in [0.25, 0.3) is 0 Å². The molecule has 0 bridgehead atoms. The third-order valence-corrected chi connectivity index (χ3v) is 4.53. The van der Waals surface area contributed by atoms with E-state index >= 15 is 0 Å². The molecule has 2 atom stereocenters. The van der Waals surface area contributed by atoms with E-state index in [1.807, 2.05) is 31.2 Å². The van der Waals surface area contributed by atoms with E-state index in [9.17, 15) is 9.59 Å². The number of nitrogens with zero attached hydrogens (tertiary/aromatic N) is 1. The molecule has 1 fully saturated rings. The number of carboxylic acid groups (broad SMARTS) is 1. The van der Waals surface area contributed by atoms with Crippen LogP contribution in [0.1, 0.15) is 30.1 Å². The van der Waals surface area contributed by atoms with Gasteiger partial charge < -0.3 is 10.0 Å². The van der Waals surface area contributed by atoms with Crippen LogP contribution in [0.3, 0.4) is 0 Å².